The molecule has 1 aromatic heterocycles. The highest BCUT2D eigenvalue weighted by Gasteiger charge is 2.21. The minimum atomic E-state index is -1.68. The summed E-state index contributed by atoms with van der Waals surface area (Å²) in [7, 11) is 0. The molecular formula is C17H18F4N4O. The van der Waals surface area contributed by atoms with Crippen molar-refractivity contribution in [1.82, 2.24) is 20.0 Å². The van der Waals surface area contributed by atoms with Gasteiger partial charge in [0.25, 0.3) is 0 Å². The summed E-state index contributed by atoms with van der Waals surface area (Å²) in [5, 5.41) is 6.15. The van der Waals surface area contributed by atoms with E-state index in [1.54, 1.807) is 4.90 Å². The predicted molar refractivity (Wildman–Crippen MR) is 86.0 cm³/mol. The van der Waals surface area contributed by atoms with Crippen molar-refractivity contribution in [3.63, 3.8) is 0 Å². The highest BCUT2D eigenvalue weighted by atomic mass is 19.2. The number of piperidine rings is 1. The first kappa shape index (κ1) is 18.2. The van der Waals surface area contributed by atoms with E-state index in [9.17, 15) is 22.4 Å². The van der Waals surface area contributed by atoms with E-state index in [4.69, 9.17) is 0 Å². The first-order valence-electron chi connectivity index (χ1n) is 8.33. The quantitative estimate of drug-likeness (QED) is 0.663. The zero-order valence-electron chi connectivity index (χ0n) is 13.9. The van der Waals surface area contributed by atoms with Crippen molar-refractivity contribution >= 4 is 6.03 Å². The van der Waals surface area contributed by atoms with E-state index in [1.165, 1.54) is 12.3 Å². The maximum atomic E-state index is 14.1. The number of hydrogen-bond donors (Lipinski definition) is 1. The zero-order valence-corrected chi connectivity index (χ0v) is 13.9. The van der Waals surface area contributed by atoms with Crippen LogP contribution in [0.1, 0.15) is 25.0 Å². The minimum Gasteiger partial charge on any atom is -0.325 e. The average Bonchev–Trinajstić information content (AvgIpc) is 3.02. The third-order valence-corrected chi connectivity index (χ3v) is 4.17. The molecule has 0 aliphatic carbocycles. The van der Waals surface area contributed by atoms with Crippen molar-refractivity contribution in [2.45, 2.75) is 32.0 Å². The Morgan fingerprint density at radius 3 is 2.46 bits per heavy atom. The molecule has 0 radical (unpaired) electrons. The lowest BCUT2D eigenvalue weighted by atomic mass is 10.1. The molecule has 3 rings (SSSR count). The monoisotopic (exact) mass is 370 g/mol. The topological polar surface area (TPSA) is 50.2 Å². The van der Waals surface area contributed by atoms with Gasteiger partial charge >= 0.3 is 6.03 Å². The van der Waals surface area contributed by atoms with Gasteiger partial charge in [0.1, 0.15) is 11.5 Å². The second kappa shape index (κ2) is 7.76. The maximum absolute atomic E-state index is 14.1. The largest absolute Gasteiger partial charge is 0.325 e. The molecule has 1 aliphatic heterocycles. The Labute approximate surface area is 147 Å². The highest BCUT2D eigenvalue weighted by Crippen LogP contribution is 2.19. The van der Waals surface area contributed by atoms with Crippen LogP contribution in [-0.4, -0.2) is 40.1 Å². The molecule has 9 heteroatoms. The molecule has 0 bridgehead atoms. The number of aromatic nitrogens is 2. The van der Waals surface area contributed by atoms with Gasteiger partial charge < -0.3 is 10.2 Å². The van der Waals surface area contributed by atoms with Crippen LogP contribution in [-0.2, 0) is 6.42 Å². The molecule has 140 valence electrons. The summed E-state index contributed by atoms with van der Waals surface area (Å²) in [6.45, 7) is 1.19. The molecule has 1 aliphatic rings. The summed E-state index contributed by atoms with van der Waals surface area (Å²) in [6, 6.07) is 1.97. The van der Waals surface area contributed by atoms with Gasteiger partial charge in [-0.3, -0.25) is 0 Å². The molecule has 1 fully saturated rings. The van der Waals surface area contributed by atoms with Gasteiger partial charge in [0.2, 0.25) is 0 Å². The van der Waals surface area contributed by atoms with E-state index in [-0.39, 0.29) is 12.1 Å². The Morgan fingerprint density at radius 2 is 1.81 bits per heavy atom. The van der Waals surface area contributed by atoms with Crippen LogP contribution in [0.3, 0.4) is 0 Å². The summed E-state index contributed by atoms with van der Waals surface area (Å²) in [5.41, 5.74) is -0.357. The Hall–Kier alpha value is -2.58. The van der Waals surface area contributed by atoms with Crippen molar-refractivity contribution in [3.8, 4) is 5.69 Å². The van der Waals surface area contributed by atoms with E-state index in [0.29, 0.717) is 25.2 Å². The van der Waals surface area contributed by atoms with Gasteiger partial charge in [-0.15, -0.1) is 0 Å². The number of urea groups is 1. The van der Waals surface area contributed by atoms with Crippen molar-refractivity contribution in [2.24, 2.45) is 0 Å². The van der Waals surface area contributed by atoms with Crippen molar-refractivity contribution in [1.29, 1.82) is 0 Å². The standard InChI is InChI=1S/C17H18F4N4O/c18-11-8-13(19)16(14(20)9-11)25-7-4-12(23-25)10-15(21)22-17(26)24-5-2-1-3-6-24/h4,7-9,15H,1-3,5-6,10H2,(H,22,26). The second-order valence-electron chi connectivity index (χ2n) is 6.14. The lowest BCUT2D eigenvalue weighted by molar-refractivity contribution is 0.167. The number of amides is 2. The Morgan fingerprint density at radius 1 is 1.15 bits per heavy atom. The van der Waals surface area contributed by atoms with Crippen molar-refractivity contribution in [3.05, 3.63) is 47.5 Å². The molecule has 2 amide bonds. The number of nitrogens with zero attached hydrogens (tertiary/aromatic N) is 3. The Kier molecular flexibility index (Phi) is 5.43. The van der Waals surface area contributed by atoms with Gasteiger partial charge in [0, 0.05) is 37.8 Å². The van der Waals surface area contributed by atoms with Gasteiger partial charge in [-0.2, -0.15) is 5.10 Å². The van der Waals surface area contributed by atoms with Crippen LogP contribution in [0, 0.1) is 17.5 Å². The lowest BCUT2D eigenvalue weighted by Crippen LogP contribution is -2.46. The third-order valence-electron chi connectivity index (χ3n) is 4.17. The van der Waals surface area contributed by atoms with Crippen LogP contribution in [0.15, 0.2) is 24.4 Å². The van der Waals surface area contributed by atoms with E-state index in [0.717, 1.165) is 23.9 Å². The van der Waals surface area contributed by atoms with E-state index >= 15 is 0 Å². The molecule has 26 heavy (non-hydrogen) atoms. The second-order valence-corrected chi connectivity index (χ2v) is 6.14. The SMILES string of the molecule is O=C(NC(F)Cc1ccn(-c2c(F)cc(F)cc2F)n1)N1CCCCC1. The maximum Gasteiger partial charge on any atom is 0.319 e. The normalized spacial score (nSPS) is 15.8. The van der Waals surface area contributed by atoms with Crippen LogP contribution in [0.4, 0.5) is 22.4 Å². The van der Waals surface area contributed by atoms with Crippen LogP contribution >= 0.6 is 0 Å². The van der Waals surface area contributed by atoms with Crippen molar-refractivity contribution in [2.75, 3.05) is 13.1 Å². The summed E-state index contributed by atoms with van der Waals surface area (Å²) >= 11 is 0. The molecule has 0 saturated carbocycles. The fraction of sp³-hybridized carbons (Fsp3) is 0.412. The number of hydrogen-bond acceptors (Lipinski definition) is 2. The van der Waals surface area contributed by atoms with Crippen LogP contribution in [0.25, 0.3) is 5.69 Å². The van der Waals surface area contributed by atoms with Gasteiger partial charge in [-0.05, 0) is 25.3 Å². The fourth-order valence-corrected chi connectivity index (χ4v) is 2.91. The van der Waals surface area contributed by atoms with Crippen LogP contribution < -0.4 is 5.32 Å². The lowest BCUT2D eigenvalue weighted by Gasteiger charge is -2.27. The number of nitrogens with one attached hydrogen (secondary N) is 1. The molecule has 1 aromatic carbocycles. The summed E-state index contributed by atoms with van der Waals surface area (Å²) < 4.78 is 55.5. The molecule has 1 N–H and O–H groups in total. The summed E-state index contributed by atoms with van der Waals surface area (Å²) in [4.78, 5) is 13.5. The Balaban J connectivity index is 1.64. The van der Waals surface area contributed by atoms with Gasteiger partial charge in [-0.25, -0.2) is 27.0 Å². The summed E-state index contributed by atoms with van der Waals surface area (Å²) in [6.07, 6.45) is 2.14. The summed E-state index contributed by atoms with van der Waals surface area (Å²) in [5.74, 6) is -3.28. The van der Waals surface area contributed by atoms with E-state index in [2.05, 4.69) is 10.4 Å². The number of carbonyl (C=O) groups is 1. The molecule has 5 nitrogen and oxygen atoms in total. The number of carbonyl (C=O) groups excluding carboxylic acids is 1. The third kappa shape index (κ3) is 4.14. The molecule has 0 spiro atoms. The first-order chi connectivity index (χ1) is 12.4. The predicted octanol–water partition coefficient (Wildman–Crippen LogP) is 3.32. The Bertz CT molecular complexity index is 766. The highest BCUT2D eigenvalue weighted by molar-refractivity contribution is 5.74. The van der Waals surface area contributed by atoms with E-state index < -0.39 is 35.5 Å². The van der Waals surface area contributed by atoms with Crippen LogP contribution in [0.5, 0.6) is 0 Å². The molecule has 2 aromatic rings. The molecule has 2 heterocycles. The molecule has 1 atom stereocenters. The number of rotatable bonds is 4. The number of likely N-dealkylation sites (tertiary alicyclic amines) is 1. The fourth-order valence-electron chi connectivity index (χ4n) is 2.91. The average molecular weight is 370 g/mol. The smallest absolute Gasteiger partial charge is 0.319 e. The molecular weight excluding hydrogens is 352 g/mol. The molecule has 1 unspecified atom stereocenters. The zero-order chi connectivity index (χ0) is 18.7. The van der Waals surface area contributed by atoms with Gasteiger partial charge in [0.15, 0.2) is 17.9 Å². The number of benzene rings is 1. The number of alkyl halides is 1. The van der Waals surface area contributed by atoms with E-state index in [1.807, 2.05) is 0 Å². The molecule has 1 saturated heterocycles. The van der Waals surface area contributed by atoms with Gasteiger partial charge in [0.05, 0.1) is 5.69 Å². The number of halogens is 4. The first-order valence-corrected chi connectivity index (χ1v) is 8.33. The minimum absolute atomic E-state index is 0.194. The van der Waals surface area contributed by atoms with Crippen LogP contribution in [0.2, 0.25) is 0 Å². The van der Waals surface area contributed by atoms with Gasteiger partial charge in [-0.1, -0.05) is 0 Å². The van der Waals surface area contributed by atoms with Crippen molar-refractivity contribution < 1.29 is 22.4 Å².